The Labute approximate surface area is 241 Å². The fraction of sp³-hybridized carbons (Fsp3) is 0.633. The molecular formula is C30H46O11. The van der Waals surface area contributed by atoms with Gasteiger partial charge in [0, 0.05) is 23.1 Å². The summed E-state index contributed by atoms with van der Waals surface area (Å²) in [6.45, 7) is 17.0. The van der Waals surface area contributed by atoms with Crippen LogP contribution in [0.5, 0.6) is 0 Å². The summed E-state index contributed by atoms with van der Waals surface area (Å²) in [4.78, 5) is 38.2. The number of carbonyl (C=O) groups is 3. The van der Waals surface area contributed by atoms with E-state index in [9.17, 15) is 39.9 Å². The normalized spacial score (nSPS) is 29.3. The summed E-state index contributed by atoms with van der Waals surface area (Å²) >= 11 is 0. The van der Waals surface area contributed by atoms with Crippen molar-refractivity contribution < 1.29 is 54.1 Å². The minimum absolute atomic E-state index is 0.118. The van der Waals surface area contributed by atoms with E-state index in [1.165, 1.54) is 52.8 Å². The second kappa shape index (κ2) is 14.4. The molecule has 0 unspecified atom stereocenters. The van der Waals surface area contributed by atoms with Crippen LogP contribution in [0.3, 0.4) is 0 Å². The van der Waals surface area contributed by atoms with Crippen LogP contribution >= 0.6 is 0 Å². The molecule has 0 aromatic heterocycles. The smallest absolute Gasteiger partial charge is 0.333 e. The molecule has 1 rings (SSSR count). The van der Waals surface area contributed by atoms with Gasteiger partial charge >= 0.3 is 17.9 Å². The maximum Gasteiger partial charge on any atom is 0.333 e. The summed E-state index contributed by atoms with van der Waals surface area (Å²) in [6, 6.07) is 0. The van der Waals surface area contributed by atoms with Crippen molar-refractivity contribution in [3.05, 3.63) is 47.1 Å². The summed E-state index contributed by atoms with van der Waals surface area (Å²) < 4.78 is 16.6. The summed E-state index contributed by atoms with van der Waals surface area (Å²) in [5, 5.41) is 55.2. The van der Waals surface area contributed by atoms with E-state index in [0.717, 1.165) is 6.92 Å². The van der Waals surface area contributed by atoms with Crippen LogP contribution in [0.15, 0.2) is 47.1 Å². The number of carbonyl (C=O) groups excluding carboxylic acids is 3. The maximum absolute atomic E-state index is 12.8. The zero-order valence-electron chi connectivity index (χ0n) is 25.4. The number of aliphatic hydroxyl groups excluding tert-OH is 3. The van der Waals surface area contributed by atoms with Crippen LogP contribution in [0.25, 0.3) is 0 Å². The van der Waals surface area contributed by atoms with Crippen LogP contribution in [0.1, 0.15) is 68.7 Å². The average Bonchev–Trinajstić information content (AvgIpc) is 2.90. The van der Waals surface area contributed by atoms with Crippen molar-refractivity contribution in [2.75, 3.05) is 0 Å². The summed E-state index contributed by atoms with van der Waals surface area (Å²) in [6.07, 6.45) is -5.96. The van der Waals surface area contributed by atoms with E-state index in [1.54, 1.807) is 20.8 Å². The van der Waals surface area contributed by atoms with E-state index in [0.29, 0.717) is 0 Å². The van der Waals surface area contributed by atoms with Crippen molar-refractivity contribution in [3.8, 4) is 0 Å². The van der Waals surface area contributed by atoms with Gasteiger partial charge in [0.2, 0.25) is 0 Å². The fourth-order valence-electron chi connectivity index (χ4n) is 4.16. The van der Waals surface area contributed by atoms with Gasteiger partial charge in [0.15, 0.2) is 6.10 Å². The molecule has 8 atom stereocenters. The highest BCUT2D eigenvalue weighted by molar-refractivity contribution is 5.89. The van der Waals surface area contributed by atoms with Crippen molar-refractivity contribution in [2.45, 2.75) is 117 Å². The number of aliphatic hydroxyl groups is 5. The molecule has 1 saturated carbocycles. The zero-order valence-corrected chi connectivity index (χ0v) is 25.4. The predicted octanol–water partition coefficient (Wildman–Crippen LogP) is 1.80. The topological polar surface area (TPSA) is 180 Å². The lowest BCUT2D eigenvalue weighted by Gasteiger charge is -2.51. The number of allylic oxidation sites excluding steroid dienone is 3. The highest BCUT2D eigenvalue weighted by atomic mass is 16.6. The molecule has 1 aliphatic carbocycles. The molecule has 1 aliphatic rings. The van der Waals surface area contributed by atoms with Gasteiger partial charge in [-0.25, -0.2) is 14.4 Å². The first-order valence-electron chi connectivity index (χ1n) is 13.4. The van der Waals surface area contributed by atoms with Crippen molar-refractivity contribution in [2.24, 2.45) is 5.92 Å². The fourth-order valence-corrected chi connectivity index (χ4v) is 4.16. The van der Waals surface area contributed by atoms with Gasteiger partial charge in [0.05, 0.1) is 17.6 Å². The standard InChI is InChI=1S/C30H46O11/c1-11-15(4)26(34)39-19(14-20(31)29(8,9)37)18(7)21-22(32)25(41-28(36)17(6)13-3)30(10,38)24(33)23(21)40-27(35)16(5)12-2/h11-13,19-25,31-33,37-38H,7,14H2,1-6,8-10H3/b15-11-,16-12-,17-13-/t19-,20-,21+,22+,23+,24+,25+,30+/m0/s1. The zero-order chi connectivity index (χ0) is 32.0. The van der Waals surface area contributed by atoms with E-state index in [-0.39, 0.29) is 22.3 Å². The van der Waals surface area contributed by atoms with E-state index in [2.05, 4.69) is 6.58 Å². The van der Waals surface area contributed by atoms with Gasteiger partial charge in [0.25, 0.3) is 0 Å². The SMILES string of the molecule is C=C([C@@H]1[C@@H](O)[C@@H](OC(=O)/C(C)=C\C)[C@](C)(O)[C@H](O)[C@@H]1OC(=O)/C(C)=C\C)[C@H](C[C@H](O)C(C)(C)O)OC(=O)/C(C)=C\C. The number of ether oxygens (including phenoxy) is 3. The van der Waals surface area contributed by atoms with Gasteiger partial charge in [-0.1, -0.05) is 24.8 Å². The molecular weight excluding hydrogens is 536 g/mol. The van der Waals surface area contributed by atoms with Crippen LogP contribution in [0.2, 0.25) is 0 Å². The van der Waals surface area contributed by atoms with Gasteiger partial charge in [-0.2, -0.15) is 0 Å². The van der Waals surface area contributed by atoms with Crippen molar-refractivity contribution >= 4 is 17.9 Å². The lowest BCUT2D eigenvalue weighted by Crippen LogP contribution is -2.70. The number of esters is 3. The van der Waals surface area contributed by atoms with Crippen LogP contribution in [-0.4, -0.2) is 91.3 Å². The van der Waals surface area contributed by atoms with Crippen LogP contribution in [0, 0.1) is 5.92 Å². The predicted molar refractivity (Wildman–Crippen MR) is 150 cm³/mol. The molecule has 0 aromatic carbocycles. The molecule has 0 saturated heterocycles. The van der Waals surface area contributed by atoms with Crippen LogP contribution in [0.4, 0.5) is 0 Å². The first kappa shape index (κ1) is 36.2. The molecule has 0 aliphatic heterocycles. The molecule has 41 heavy (non-hydrogen) atoms. The quantitative estimate of drug-likeness (QED) is 0.104. The van der Waals surface area contributed by atoms with Gasteiger partial charge in [-0.05, 0) is 67.9 Å². The Hall–Kier alpha value is -2.83. The average molecular weight is 583 g/mol. The lowest BCUT2D eigenvalue weighted by molar-refractivity contribution is -0.255. The highest BCUT2D eigenvalue weighted by Gasteiger charge is 2.61. The van der Waals surface area contributed by atoms with Crippen LogP contribution in [-0.2, 0) is 28.6 Å². The Morgan fingerprint density at radius 1 is 0.927 bits per heavy atom. The highest BCUT2D eigenvalue weighted by Crippen LogP contribution is 2.42. The monoisotopic (exact) mass is 582 g/mol. The minimum atomic E-state index is -2.31. The summed E-state index contributed by atoms with van der Waals surface area (Å²) in [7, 11) is 0. The Kier molecular flexibility index (Phi) is 12.7. The molecule has 0 radical (unpaired) electrons. The Bertz CT molecular complexity index is 1080. The Morgan fingerprint density at radius 3 is 1.80 bits per heavy atom. The molecule has 0 amide bonds. The molecule has 0 aromatic rings. The first-order chi connectivity index (χ1) is 18.8. The third-order valence-electron chi connectivity index (χ3n) is 7.60. The first-order valence-corrected chi connectivity index (χ1v) is 13.4. The molecule has 0 spiro atoms. The minimum Gasteiger partial charge on any atom is -0.455 e. The van der Waals surface area contributed by atoms with E-state index in [4.69, 9.17) is 14.2 Å². The molecule has 0 bridgehead atoms. The molecule has 11 heteroatoms. The summed E-state index contributed by atoms with van der Waals surface area (Å²) in [5.41, 5.74) is -3.52. The summed E-state index contributed by atoms with van der Waals surface area (Å²) in [5.74, 6) is -4.00. The van der Waals surface area contributed by atoms with E-state index >= 15 is 0 Å². The molecule has 11 nitrogen and oxygen atoms in total. The second-order valence-corrected chi connectivity index (χ2v) is 11.2. The van der Waals surface area contributed by atoms with Crippen LogP contribution < -0.4 is 0 Å². The third-order valence-corrected chi connectivity index (χ3v) is 7.60. The second-order valence-electron chi connectivity index (χ2n) is 11.2. The number of hydrogen-bond acceptors (Lipinski definition) is 11. The third kappa shape index (κ3) is 8.59. The lowest BCUT2D eigenvalue weighted by atomic mass is 9.67. The molecule has 232 valence electrons. The van der Waals surface area contributed by atoms with Crippen molar-refractivity contribution in [1.82, 2.24) is 0 Å². The Morgan fingerprint density at radius 2 is 1.37 bits per heavy atom. The van der Waals surface area contributed by atoms with Gasteiger partial charge in [-0.3, -0.25) is 0 Å². The van der Waals surface area contributed by atoms with Gasteiger partial charge in [0.1, 0.15) is 30.0 Å². The molecule has 1 fully saturated rings. The number of rotatable bonds is 11. The largest absolute Gasteiger partial charge is 0.455 e. The van der Waals surface area contributed by atoms with E-state index in [1.807, 2.05) is 0 Å². The van der Waals surface area contributed by atoms with Gasteiger partial charge < -0.3 is 39.7 Å². The van der Waals surface area contributed by atoms with Crippen molar-refractivity contribution in [3.63, 3.8) is 0 Å². The van der Waals surface area contributed by atoms with Gasteiger partial charge in [-0.15, -0.1) is 0 Å². The maximum atomic E-state index is 12.8. The Balaban J connectivity index is 3.76. The molecule has 0 heterocycles. The molecule has 5 N–H and O–H groups in total. The number of hydrogen-bond donors (Lipinski definition) is 5. The van der Waals surface area contributed by atoms with Crippen molar-refractivity contribution in [1.29, 1.82) is 0 Å². The van der Waals surface area contributed by atoms with E-state index < -0.39 is 78.1 Å².